The predicted molar refractivity (Wildman–Crippen MR) is 132 cm³/mol. The van der Waals surface area contributed by atoms with Gasteiger partial charge in [0, 0.05) is 18.4 Å². The van der Waals surface area contributed by atoms with Crippen molar-refractivity contribution in [3.05, 3.63) is 53.1 Å². The Labute approximate surface area is 205 Å². The van der Waals surface area contributed by atoms with E-state index in [0.29, 0.717) is 36.0 Å². The zero-order valence-electron chi connectivity index (χ0n) is 20.3. The number of nitrogens with one attached hydrogen (secondary N) is 1. The fraction of sp³-hybridized carbons (Fsp3) is 0.500. The average Bonchev–Trinajstić information content (AvgIpc) is 2.83. The Morgan fingerprint density at radius 2 is 1.54 bits per heavy atom. The maximum absolute atomic E-state index is 13.3. The number of aromatic carboxylic acids is 1. The number of hydrogen-bond donors (Lipinski definition) is 2. The first-order valence-electron chi connectivity index (χ1n) is 12.4. The van der Waals surface area contributed by atoms with E-state index in [0.717, 1.165) is 23.3 Å². The van der Waals surface area contributed by atoms with Crippen molar-refractivity contribution in [3.8, 4) is 11.5 Å². The zero-order chi connectivity index (χ0) is 24.6. The number of carboxylic acid groups (broad SMARTS) is 1. The molecule has 2 N–H and O–H groups in total. The third-order valence-electron chi connectivity index (χ3n) is 8.09. The van der Waals surface area contributed by atoms with Crippen molar-refractivity contribution in [2.45, 2.75) is 43.9 Å². The second kappa shape index (κ2) is 9.53. The number of anilines is 1. The summed E-state index contributed by atoms with van der Waals surface area (Å²) in [5.41, 5.74) is 2.29. The van der Waals surface area contributed by atoms with Gasteiger partial charge in [-0.05, 0) is 92.0 Å². The first-order chi connectivity index (χ1) is 16.9. The van der Waals surface area contributed by atoms with Crippen molar-refractivity contribution in [2.24, 2.45) is 17.8 Å². The van der Waals surface area contributed by atoms with E-state index < -0.39 is 5.97 Å². The largest absolute Gasteiger partial charge is 0.492 e. The lowest BCUT2D eigenvalue weighted by molar-refractivity contribution is -0.00678. The highest BCUT2D eigenvalue weighted by atomic mass is 16.5. The molecule has 0 saturated heterocycles. The minimum atomic E-state index is -1.01. The molecule has 0 spiro atoms. The van der Waals surface area contributed by atoms with Crippen molar-refractivity contribution in [3.63, 3.8) is 0 Å². The number of carbonyl (C=O) groups excluding carboxylic acids is 1. The molecule has 6 rings (SSSR count). The van der Waals surface area contributed by atoms with Gasteiger partial charge in [-0.15, -0.1) is 0 Å². The quantitative estimate of drug-likeness (QED) is 0.484. The average molecular weight is 480 g/mol. The van der Waals surface area contributed by atoms with Gasteiger partial charge in [-0.25, -0.2) is 4.79 Å². The Kier molecular flexibility index (Phi) is 6.45. The molecule has 4 bridgehead atoms. The number of hydrogen-bond acceptors (Lipinski definition) is 5. The first kappa shape index (κ1) is 23.7. The van der Waals surface area contributed by atoms with Crippen molar-refractivity contribution in [1.29, 1.82) is 0 Å². The van der Waals surface area contributed by atoms with Gasteiger partial charge in [-0.3, -0.25) is 4.79 Å². The molecule has 0 radical (unpaired) electrons. The van der Waals surface area contributed by atoms with Crippen LogP contribution in [0.5, 0.6) is 11.5 Å². The molecule has 186 valence electrons. The number of rotatable bonds is 9. The van der Waals surface area contributed by atoms with E-state index in [1.165, 1.54) is 50.7 Å². The van der Waals surface area contributed by atoms with Crippen LogP contribution >= 0.6 is 0 Å². The van der Waals surface area contributed by atoms with Gasteiger partial charge in [0.05, 0.1) is 24.8 Å². The van der Waals surface area contributed by atoms with Crippen LogP contribution < -0.4 is 14.8 Å². The van der Waals surface area contributed by atoms with Crippen LogP contribution in [-0.2, 0) is 10.2 Å². The number of amides is 1. The van der Waals surface area contributed by atoms with E-state index in [1.807, 2.05) is 6.07 Å². The third kappa shape index (κ3) is 4.49. The Morgan fingerprint density at radius 3 is 2.09 bits per heavy atom. The molecule has 0 aliphatic heterocycles. The summed E-state index contributed by atoms with van der Waals surface area (Å²) in [4.78, 5) is 24.4. The maximum Gasteiger partial charge on any atom is 0.335 e. The van der Waals surface area contributed by atoms with E-state index in [9.17, 15) is 9.59 Å². The summed E-state index contributed by atoms with van der Waals surface area (Å²) < 4.78 is 17.3. The SMILES string of the molecule is COCCOc1c(C23CC4CC(CC(C4)C2)C3)ccc(C(=O)Nc2ccc(C(=O)O)cc2)c1OC. The van der Waals surface area contributed by atoms with Gasteiger partial charge in [0.15, 0.2) is 11.5 Å². The first-order valence-corrected chi connectivity index (χ1v) is 12.4. The molecule has 0 aromatic heterocycles. The number of ether oxygens (including phenoxy) is 3. The van der Waals surface area contributed by atoms with E-state index >= 15 is 0 Å². The van der Waals surface area contributed by atoms with E-state index in [4.69, 9.17) is 19.3 Å². The molecule has 0 heterocycles. The van der Waals surface area contributed by atoms with E-state index in [2.05, 4.69) is 11.4 Å². The molecule has 4 saturated carbocycles. The van der Waals surface area contributed by atoms with Gasteiger partial charge in [-0.1, -0.05) is 6.07 Å². The maximum atomic E-state index is 13.3. The molecule has 7 nitrogen and oxygen atoms in total. The highest BCUT2D eigenvalue weighted by Crippen LogP contribution is 2.62. The summed E-state index contributed by atoms with van der Waals surface area (Å²) in [5.74, 6) is 2.07. The lowest BCUT2D eigenvalue weighted by Crippen LogP contribution is -2.48. The van der Waals surface area contributed by atoms with Crippen LogP contribution in [0.2, 0.25) is 0 Å². The fourth-order valence-electron chi connectivity index (χ4n) is 7.07. The Hall–Kier alpha value is -3.06. The smallest absolute Gasteiger partial charge is 0.335 e. The van der Waals surface area contributed by atoms with Gasteiger partial charge in [-0.2, -0.15) is 0 Å². The molecule has 0 atom stereocenters. The van der Waals surface area contributed by atoms with Crippen molar-refractivity contribution in [2.75, 3.05) is 32.8 Å². The summed E-state index contributed by atoms with van der Waals surface area (Å²) in [6, 6.07) is 9.99. The van der Waals surface area contributed by atoms with Gasteiger partial charge < -0.3 is 24.6 Å². The van der Waals surface area contributed by atoms with Crippen molar-refractivity contribution >= 4 is 17.6 Å². The molecule has 4 fully saturated rings. The topological polar surface area (TPSA) is 94.1 Å². The van der Waals surface area contributed by atoms with Crippen LogP contribution in [-0.4, -0.2) is 44.4 Å². The predicted octanol–water partition coefficient (Wildman–Crippen LogP) is 5.14. The standard InChI is InChI=1S/C28H33NO6/c1-33-9-10-35-25-23(28-14-17-11-18(15-28)13-19(12-17)16-28)8-7-22(24(25)34-2)26(30)29-21-5-3-20(4-6-21)27(31)32/h3-8,17-19H,9-16H2,1-2H3,(H,29,30)(H,31,32). The molecule has 2 aromatic rings. The van der Waals surface area contributed by atoms with Crippen molar-refractivity contribution in [1.82, 2.24) is 0 Å². The molecule has 35 heavy (non-hydrogen) atoms. The minimum absolute atomic E-state index is 0.0755. The molecule has 7 heteroatoms. The summed E-state index contributed by atoms with van der Waals surface area (Å²) in [5, 5.41) is 12.0. The number of methoxy groups -OCH3 is 2. The highest BCUT2D eigenvalue weighted by molar-refractivity contribution is 6.07. The van der Waals surface area contributed by atoms with Crippen LogP contribution in [0.25, 0.3) is 0 Å². The number of benzene rings is 2. The molecule has 4 aliphatic rings. The summed E-state index contributed by atoms with van der Waals surface area (Å²) >= 11 is 0. The normalized spacial score (nSPS) is 26.4. The highest BCUT2D eigenvalue weighted by Gasteiger charge is 2.53. The van der Waals surface area contributed by atoms with Crippen LogP contribution in [0.1, 0.15) is 64.8 Å². The van der Waals surface area contributed by atoms with E-state index in [1.54, 1.807) is 26.4 Å². The van der Waals surface area contributed by atoms with Crippen LogP contribution in [0.4, 0.5) is 5.69 Å². The van der Waals surface area contributed by atoms with Crippen LogP contribution in [0.3, 0.4) is 0 Å². The lowest BCUT2D eigenvalue weighted by Gasteiger charge is -2.57. The molecule has 0 unspecified atom stereocenters. The van der Waals surface area contributed by atoms with Gasteiger partial charge in [0.25, 0.3) is 5.91 Å². The molecular formula is C28H33NO6. The summed E-state index contributed by atoms with van der Waals surface area (Å²) in [6.45, 7) is 0.809. The second-order valence-corrected chi connectivity index (χ2v) is 10.4. The lowest BCUT2D eigenvalue weighted by atomic mass is 9.48. The van der Waals surface area contributed by atoms with E-state index in [-0.39, 0.29) is 16.9 Å². The van der Waals surface area contributed by atoms with Gasteiger partial charge in [0.2, 0.25) is 0 Å². The summed E-state index contributed by atoms with van der Waals surface area (Å²) in [7, 11) is 3.21. The number of carboxylic acids is 1. The Morgan fingerprint density at radius 1 is 0.914 bits per heavy atom. The molecule has 2 aromatic carbocycles. The Bertz CT molecular complexity index is 1070. The molecular weight excluding hydrogens is 446 g/mol. The van der Waals surface area contributed by atoms with Crippen LogP contribution in [0, 0.1) is 17.8 Å². The minimum Gasteiger partial charge on any atom is -0.492 e. The molecule has 4 aliphatic carbocycles. The van der Waals surface area contributed by atoms with Crippen molar-refractivity contribution < 1.29 is 28.9 Å². The fourth-order valence-corrected chi connectivity index (χ4v) is 7.07. The monoisotopic (exact) mass is 479 g/mol. The van der Waals surface area contributed by atoms with Gasteiger partial charge >= 0.3 is 5.97 Å². The second-order valence-electron chi connectivity index (χ2n) is 10.4. The molecule has 1 amide bonds. The zero-order valence-corrected chi connectivity index (χ0v) is 20.3. The number of carbonyl (C=O) groups is 2. The van der Waals surface area contributed by atoms with Crippen LogP contribution in [0.15, 0.2) is 36.4 Å². The summed E-state index contributed by atoms with van der Waals surface area (Å²) in [6.07, 6.45) is 7.55. The third-order valence-corrected chi connectivity index (χ3v) is 8.09. The van der Waals surface area contributed by atoms with Gasteiger partial charge in [0.1, 0.15) is 6.61 Å². The Balaban J connectivity index is 1.49.